The molecule has 4 nitrogen and oxygen atoms in total. The summed E-state index contributed by atoms with van der Waals surface area (Å²) < 4.78 is 12.0. The molecule has 0 heterocycles. The number of hydrogen-bond donors (Lipinski definition) is 2. The highest BCUT2D eigenvalue weighted by Crippen LogP contribution is 2.38. The summed E-state index contributed by atoms with van der Waals surface area (Å²) >= 11 is 2.30. The Labute approximate surface area is 132 Å². The first-order valence-corrected chi connectivity index (χ1v) is 7.22. The molecule has 2 aromatic rings. The van der Waals surface area contributed by atoms with Crippen molar-refractivity contribution in [3.63, 3.8) is 0 Å². The van der Waals surface area contributed by atoms with Gasteiger partial charge >= 0.3 is 0 Å². The van der Waals surface area contributed by atoms with Crippen molar-refractivity contribution in [1.82, 2.24) is 5.43 Å². The molecule has 0 saturated heterocycles. The van der Waals surface area contributed by atoms with Crippen molar-refractivity contribution in [1.29, 1.82) is 0 Å². The van der Waals surface area contributed by atoms with Crippen molar-refractivity contribution in [3.05, 3.63) is 57.2 Å². The van der Waals surface area contributed by atoms with E-state index in [1.807, 2.05) is 42.5 Å². The second kappa shape index (κ2) is 6.92. The van der Waals surface area contributed by atoms with Crippen LogP contribution >= 0.6 is 22.6 Å². The van der Waals surface area contributed by atoms with E-state index in [1.165, 1.54) is 0 Å². The standard InChI is InChI=1S/C15H17IN2O2/c1-19-12-8-5-9-13(20-2)14(12)15(18-17)10-6-3-4-7-11(10)16/h3-9,15,18H,17H2,1-2H3. The molecule has 2 aromatic carbocycles. The lowest BCUT2D eigenvalue weighted by Gasteiger charge is -2.22. The van der Waals surface area contributed by atoms with Gasteiger partial charge in [0.25, 0.3) is 0 Å². The van der Waals surface area contributed by atoms with Gasteiger partial charge in [0.2, 0.25) is 0 Å². The summed E-state index contributed by atoms with van der Waals surface area (Å²) in [6.45, 7) is 0. The Bertz CT molecular complexity index is 568. The SMILES string of the molecule is COc1cccc(OC)c1C(NN)c1ccccc1I. The van der Waals surface area contributed by atoms with Crippen LogP contribution in [0.15, 0.2) is 42.5 Å². The summed E-state index contributed by atoms with van der Waals surface area (Å²) in [5.41, 5.74) is 4.83. The molecule has 2 rings (SSSR count). The minimum Gasteiger partial charge on any atom is -0.496 e. The number of hydrogen-bond acceptors (Lipinski definition) is 4. The molecule has 20 heavy (non-hydrogen) atoms. The van der Waals surface area contributed by atoms with Gasteiger partial charge in [-0.15, -0.1) is 0 Å². The smallest absolute Gasteiger partial charge is 0.127 e. The van der Waals surface area contributed by atoms with Gasteiger partial charge in [0.15, 0.2) is 0 Å². The minimum absolute atomic E-state index is 0.200. The molecule has 1 atom stereocenters. The van der Waals surface area contributed by atoms with Crippen molar-refractivity contribution < 1.29 is 9.47 Å². The third-order valence-electron chi connectivity index (χ3n) is 3.14. The van der Waals surface area contributed by atoms with Gasteiger partial charge in [-0.3, -0.25) is 5.84 Å². The van der Waals surface area contributed by atoms with Gasteiger partial charge in [0, 0.05) is 3.57 Å². The number of ether oxygens (including phenoxy) is 2. The average Bonchev–Trinajstić information content (AvgIpc) is 2.49. The van der Waals surface area contributed by atoms with Crippen molar-refractivity contribution >= 4 is 22.6 Å². The van der Waals surface area contributed by atoms with E-state index in [-0.39, 0.29) is 6.04 Å². The van der Waals surface area contributed by atoms with Crippen molar-refractivity contribution in [3.8, 4) is 11.5 Å². The second-order valence-corrected chi connectivity index (χ2v) is 5.36. The molecule has 0 aliphatic rings. The largest absolute Gasteiger partial charge is 0.496 e. The van der Waals surface area contributed by atoms with E-state index in [0.717, 1.165) is 26.2 Å². The Kier molecular flexibility index (Phi) is 5.22. The fraction of sp³-hybridized carbons (Fsp3) is 0.200. The first kappa shape index (κ1) is 15.1. The predicted octanol–water partition coefficient (Wildman–Crippen LogP) is 2.86. The maximum Gasteiger partial charge on any atom is 0.127 e. The normalized spacial score (nSPS) is 12.0. The van der Waals surface area contributed by atoms with Gasteiger partial charge in [-0.05, 0) is 46.4 Å². The Morgan fingerprint density at radius 2 is 1.60 bits per heavy atom. The third-order valence-corrected chi connectivity index (χ3v) is 4.12. The summed E-state index contributed by atoms with van der Waals surface area (Å²) in [5, 5.41) is 0. The number of nitrogens with two attached hydrogens (primary N) is 1. The predicted molar refractivity (Wildman–Crippen MR) is 87.9 cm³/mol. The van der Waals surface area contributed by atoms with Crippen LogP contribution in [0.2, 0.25) is 0 Å². The number of hydrazine groups is 1. The first-order chi connectivity index (χ1) is 9.72. The molecule has 0 aliphatic heterocycles. The lowest BCUT2D eigenvalue weighted by atomic mass is 9.97. The van der Waals surface area contributed by atoms with Gasteiger partial charge in [0.1, 0.15) is 11.5 Å². The van der Waals surface area contributed by atoms with Crippen LogP contribution in [0.1, 0.15) is 17.2 Å². The minimum atomic E-state index is -0.200. The lowest BCUT2D eigenvalue weighted by molar-refractivity contribution is 0.377. The topological polar surface area (TPSA) is 56.5 Å². The highest BCUT2D eigenvalue weighted by atomic mass is 127. The van der Waals surface area contributed by atoms with Crippen molar-refractivity contribution in [2.45, 2.75) is 6.04 Å². The molecule has 1 unspecified atom stereocenters. The Morgan fingerprint density at radius 1 is 1.00 bits per heavy atom. The maximum absolute atomic E-state index is 5.79. The molecule has 0 amide bonds. The van der Waals surface area contributed by atoms with E-state index in [4.69, 9.17) is 15.3 Å². The molecule has 0 aromatic heterocycles. The molecule has 5 heteroatoms. The Hall–Kier alpha value is -1.31. The number of methoxy groups -OCH3 is 2. The van der Waals surface area contributed by atoms with E-state index >= 15 is 0 Å². The lowest BCUT2D eigenvalue weighted by Crippen LogP contribution is -2.30. The third kappa shape index (κ3) is 2.89. The molecule has 0 bridgehead atoms. The average molecular weight is 384 g/mol. The molecule has 0 saturated carbocycles. The molecular weight excluding hydrogens is 367 g/mol. The zero-order valence-corrected chi connectivity index (χ0v) is 13.5. The van der Waals surface area contributed by atoms with E-state index in [2.05, 4.69) is 28.0 Å². The van der Waals surface area contributed by atoms with Crippen LogP contribution < -0.4 is 20.7 Å². The Balaban J connectivity index is 2.60. The summed E-state index contributed by atoms with van der Waals surface area (Å²) in [6, 6.07) is 13.6. The van der Waals surface area contributed by atoms with Gasteiger partial charge in [-0.2, -0.15) is 0 Å². The molecule has 106 valence electrons. The van der Waals surface area contributed by atoms with E-state index in [9.17, 15) is 0 Å². The summed E-state index contributed by atoms with van der Waals surface area (Å²) in [6.07, 6.45) is 0. The summed E-state index contributed by atoms with van der Waals surface area (Å²) in [5.74, 6) is 7.27. The molecule has 3 N–H and O–H groups in total. The highest BCUT2D eigenvalue weighted by Gasteiger charge is 2.23. The van der Waals surface area contributed by atoms with Crippen LogP contribution in [0.5, 0.6) is 11.5 Å². The first-order valence-electron chi connectivity index (χ1n) is 6.14. The highest BCUT2D eigenvalue weighted by molar-refractivity contribution is 14.1. The Morgan fingerprint density at radius 3 is 2.10 bits per heavy atom. The van der Waals surface area contributed by atoms with Crippen LogP contribution in [0.3, 0.4) is 0 Å². The number of rotatable bonds is 5. The fourth-order valence-corrected chi connectivity index (χ4v) is 2.90. The van der Waals surface area contributed by atoms with Gasteiger partial charge in [0.05, 0.1) is 25.8 Å². The fourth-order valence-electron chi connectivity index (χ4n) is 2.20. The maximum atomic E-state index is 5.79. The quantitative estimate of drug-likeness (QED) is 0.473. The molecule has 0 fully saturated rings. The van der Waals surface area contributed by atoms with Crippen LogP contribution in [-0.4, -0.2) is 14.2 Å². The summed E-state index contributed by atoms with van der Waals surface area (Å²) in [7, 11) is 3.28. The zero-order valence-electron chi connectivity index (χ0n) is 11.4. The monoisotopic (exact) mass is 384 g/mol. The van der Waals surface area contributed by atoms with E-state index < -0.39 is 0 Å². The van der Waals surface area contributed by atoms with Crippen LogP contribution in [0, 0.1) is 3.57 Å². The van der Waals surface area contributed by atoms with E-state index in [1.54, 1.807) is 14.2 Å². The molecule has 0 radical (unpaired) electrons. The van der Waals surface area contributed by atoms with Crippen molar-refractivity contribution in [2.75, 3.05) is 14.2 Å². The number of halogens is 1. The second-order valence-electron chi connectivity index (χ2n) is 4.20. The molecule has 0 aliphatic carbocycles. The van der Waals surface area contributed by atoms with Crippen LogP contribution in [0.4, 0.5) is 0 Å². The molecular formula is C15H17IN2O2. The number of nitrogens with one attached hydrogen (secondary N) is 1. The van der Waals surface area contributed by atoms with E-state index in [0.29, 0.717) is 0 Å². The van der Waals surface area contributed by atoms with Crippen molar-refractivity contribution in [2.24, 2.45) is 5.84 Å². The number of benzene rings is 2. The summed E-state index contributed by atoms with van der Waals surface area (Å²) in [4.78, 5) is 0. The molecule has 0 spiro atoms. The van der Waals surface area contributed by atoms with Crippen LogP contribution in [-0.2, 0) is 0 Å². The van der Waals surface area contributed by atoms with Gasteiger partial charge < -0.3 is 9.47 Å². The zero-order chi connectivity index (χ0) is 14.5. The van der Waals surface area contributed by atoms with Gasteiger partial charge in [-0.25, -0.2) is 5.43 Å². The van der Waals surface area contributed by atoms with Crippen LogP contribution in [0.25, 0.3) is 0 Å². The van der Waals surface area contributed by atoms with Gasteiger partial charge in [-0.1, -0.05) is 24.3 Å².